The average molecular weight is 296 g/mol. The van der Waals surface area contributed by atoms with Gasteiger partial charge < -0.3 is 15.3 Å². The Balaban J connectivity index is 1.73. The highest BCUT2D eigenvalue weighted by atomic mass is 16.4. The van der Waals surface area contributed by atoms with Gasteiger partial charge in [-0.1, -0.05) is 33.1 Å². The van der Waals surface area contributed by atoms with Gasteiger partial charge in [0.2, 0.25) is 0 Å². The number of carboxylic acids is 1. The van der Waals surface area contributed by atoms with Crippen LogP contribution in [0.3, 0.4) is 0 Å². The van der Waals surface area contributed by atoms with Crippen LogP contribution < -0.4 is 5.32 Å². The van der Waals surface area contributed by atoms with Crippen molar-refractivity contribution in [1.82, 2.24) is 10.2 Å². The van der Waals surface area contributed by atoms with Gasteiger partial charge in [0.1, 0.15) is 6.04 Å². The highest BCUT2D eigenvalue weighted by molar-refractivity contribution is 5.73. The summed E-state index contributed by atoms with van der Waals surface area (Å²) in [6.07, 6.45) is 10.5. The van der Waals surface area contributed by atoms with Crippen molar-refractivity contribution in [3.63, 3.8) is 0 Å². The zero-order chi connectivity index (χ0) is 15.3. The molecule has 2 rings (SSSR count). The third kappa shape index (κ3) is 4.96. The van der Waals surface area contributed by atoms with Crippen molar-refractivity contribution in [3.8, 4) is 0 Å². The van der Waals surface area contributed by atoms with Crippen molar-refractivity contribution >= 4 is 5.97 Å². The molecule has 2 fully saturated rings. The van der Waals surface area contributed by atoms with Gasteiger partial charge in [0.05, 0.1) is 0 Å². The Morgan fingerprint density at radius 3 is 2.29 bits per heavy atom. The second kappa shape index (κ2) is 7.59. The first-order valence-electron chi connectivity index (χ1n) is 8.72. The van der Waals surface area contributed by atoms with Crippen LogP contribution in [0.4, 0.5) is 0 Å². The Hall–Kier alpha value is -0.610. The van der Waals surface area contributed by atoms with E-state index < -0.39 is 12.0 Å². The smallest absolute Gasteiger partial charge is 0.320 e. The first kappa shape index (κ1) is 16.8. The van der Waals surface area contributed by atoms with Crippen molar-refractivity contribution in [2.24, 2.45) is 5.41 Å². The van der Waals surface area contributed by atoms with Crippen LogP contribution in [0.5, 0.6) is 0 Å². The largest absolute Gasteiger partial charge is 0.480 e. The number of nitrogens with one attached hydrogen (secondary N) is 1. The molecule has 1 spiro atoms. The lowest BCUT2D eigenvalue weighted by Crippen LogP contribution is -2.45. The van der Waals surface area contributed by atoms with E-state index in [4.69, 9.17) is 0 Å². The predicted octanol–water partition coefficient (Wildman–Crippen LogP) is 2.87. The SMILES string of the molecule is CC(C)NC(CCN1CCC2(CCCCC2)CC1)C(=O)O. The molecular formula is C17H32N2O2. The molecule has 0 aromatic heterocycles. The Morgan fingerprint density at radius 2 is 1.76 bits per heavy atom. The highest BCUT2D eigenvalue weighted by Gasteiger charge is 2.35. The van der Waals surface area contributed by atoms with E-state index in [1.54, 1.807) is 0 Å². The number of aliphatic carboxylic acids is 1. The number of hydrogen-bond acceptors (Lipinski definition) is 3. The second-order valence-electron chi connectivity index (χ2n) is 7.40. The Bertz CT molecular complexity index is 328. The fourth-order valence-electron chi connectivity index (χ4n) is 4.04. The van der Waals surface area contributed by atoms with Crippen molar-refractivity contribution in [1.29, 1.82) is 0 Å². The molecule has 4 nitrogen and oxygen atoms in total. The molecule has 21 heavy (non-hydrogen) atoms. The minimum absolute atomic E-state index is 0.220. The maximum atomic E-state index is 11.3. The standard InChI is InChI=1S/C17H32N2O2/c1-14(2)18-15(16(20)21)6-11-19-12-9-17(10-13-19)7-4-3-5-8-17/h14-15,18H,3-13H2,1-2H3,(H,20,21). The summed E-state index contributed by atoms with van der Waals surface area (Å²) in [6.45, 7) is 7.24. The first-order chi connectivity index (χ1) is 10.0. The molecule has 1 aliphatic heterocycles. The summed E-state index contributed by atoms with van der Waals surface area (Å²) < 4.78 is 0. The van der Waals surface area contributed by atoms with Crippen LogP contribution in [0.1, 0.15) is 65.2 Å². The number of carboxylic acid groups (broad SMARTS) is 1. The molecule has 4 heteroatoms. The second-order valence-corrected chi connectivity index (χ2v) is 7.40. The maximum absolute atomic E-state index is 11.3. The van der Waals surface area contributed by atoms with Crippen LogP contribution in [0.15, 0.2) is 0 Å². The number of nitrogens with zero attached hydrogens (tertiary/aromatic N) is 1. The van der Waals surface area contributed by atoms with Crippen molar-refractivity contribution in [2.75, 3.05) is 19.6 Å². The maximum Gasteiger partial charge on any atom is 0.320 e. The topological polar surface area (TPSA) is 52.6 Å². The monoisotopic (exact) mass is 296 g/mol. The zero-order valence-corrected chi connectivity index (χ0v) is 13.7. The molecule has 0 radical (unpaired) electrons. The summed E-state index contributed by atoms with van der Waals surface area (Å²) in [4.78, 5) is 13.7. The average Bonchev–Trinajstić information content (AvgIpc) is 2.45. The van der Waals surface area contributed by atoms with Gasteiger partial charge in [0.25, 0.3) is 0 Å². The van der Waals surface area contributed by atoms with E-state index in [2.05, 4.69) is 10.2 Å². The van der Waals surface area contributed by atoms with Gasteiger partial charge in [-0.25, -0.2) is 0 Å². The molecule has 1 aliphatic carbocycles. The molecule has 1 unspecified atom stereocenters. The van der Waals surface area contributed by atoms with Crippen LogP contribution in [-0.4, -0.2) is 47.7 Å². The molecule has 0 aromatic carbocycles. The van der Waals surface area contributed by atoms with E-state index in [0.717, 1.165) is 19.6 Å². The number of rotatable bonds is 6. The first-order valence-corrected chi connectivity index (χ1v) is 8.72. The summed E-state index contributed by atoms with van der Waals surface area (Å²) >= 11 is 0. The van der Waals surface area contributed by atoms with Gasteiger partial charge in [-0.05, 0) is 50.6 Å². The van der Waals surface area contributed by atoms with E-state index in [-0.39, 0.29) is 6.04 Å². The van der Waals surface area contributed by atoms with Gasteiger partial charge in [0.15, 0.2) is 0 Å². The van der Waals surface area contributed by atoms with Gasteiger partial charge in [-0.2, -0.15) is 0 Å². The third-order valence-electron chi connectivity index (χ3n) is 5.40. The summed E-state index contributed by atoms with van der Waals surface area (Å²) in [6, 6.07) is -0.187. The van der Waals surface area contributed by atoms with Crippen molar-refractivity contribution < 1.29 is 9.90 Å². The molecule has 1 heterocycles. The number of likely N-dealkylation sites (tertiary alicyclic amines) is 1. The lowest BCUT2D eigenvalue weighted by Gasteiger charge is -2.44. The minimum Gasteiger partial charge on any atom is -0.480 e. The highest BCUT2D eigenvalue weighted by Crippen LogP contribution is 2.44. The van der Waals surface area contributed by atoms with E-state index in [0.29, 0.717) is 11.8 Å². The van der Waals surface area contributed by atoms with Crippen LogP contribution in [0, 0.1) is 5.41 Å². The molecular weight excluding hydrogens is 264 g/mol. The fraction of sp³-hybridized carbons (Fsp3) is 0.941. The quantitative estimate of drug-likeness (QED) is 0.791. The third-order valence-corrected chi connectivity index (χ3v) is 5.40. The summed E-state index contributed by atoms with van der Waals surface area (Å²) in [5.41, 5.74) is 0.636. The molecule has 1 saturated heterocycles. The van der Waals surface area contributed by atoms with Gasteiger partial charge in [0, 0.05) is 12.6 Å². The number of piperidine rings is 1. The fourth-order valence-corrected chi connectivity index (χ4v) is 4.04. The van der Waals surface area contributed by atoms with E-state index in [9.17, 15) is 9.90 Å². The van der Waals surface area contributed by atoms with E-state index >= 15 is 0 Å². The van der Waals surface area contributed by atoms with E-state index in [1.165, 1.54) is 44.9 Å². The Kier molecular flexibility index (Phi) is 6.06. The molecule has 0 bridgehead atoms. The molecule has 1 saturated carbocycles. The molecule has 2 aliphatic rings. The number of hydrogen-bond donors (Lipinski definition) is 2. The Morgan fingerprint density at radius 1 is 1.14 bits per heavy atom. The lowest BCUT2D eigenvalue weighted by molar-refractivity contribution is -0.140. The predicted molar refractivity (Wildman–Crippen MR) is 85.5 cm³/mol. The lowest BCUT2D eigenvalue weighted by atomic mass is 9.68. The van der Waals surface area contributed by atoms with Crippen LogP contribution in [-0.2, 0) is 4.79 Å². The van der Waals surface area contributed by atoms with Crippen LogP contribution in [0.2, 0.25) is 0 Å². The van der Waals surface area contributed by atoms with E-state index in [1.807, 2.05) is 13.8 Å². The normalized spacial score (nSPS) is 24.3. The zero-order valence-electron chi connectivity index (χ0n) is 13.7. The minimum atomic E-state index is -0.718. The summed E-state index contributed by atoms with van der Waals surface area (Å²) in [5, 5.41) is 12.4. The van der Waals surface area contributed by atoms with Gasteiger partial charge in [-0.15, -0.1) is 0 Å². The van der Waals surface area contributed by atoms with Crippen LogP contribution in [0.25, 0.3) is 0 Å². The molecule has 1 atom stereocenters. The summed E-state index contributed by atoms with van der Waals surface area (Å²) in [5.74, 6) is -0.718. The molecule has 2 N–H and O–H groups in total. The summed E-state index contributed by atoms with van der Waals surface area (Å²) in [7, 11) is 0. The molecule has 0 amide bonds. The van der Waals surface area contributed by atoms with Crippen molar-refractivity contribution in [3.05, 3.63) is 0 Å². The Labute approximate surface area is 129 Å². The number of carbonyl (C=O) groups is 1. The molecule has 122 valence electrons. The van der Waals surface area contributed by atoms with Gasteiger partial charge in [-0.3, -0.25) is 4.79 Å². The molecule has 0 aromatic rings. The van der Waals surface area contributed by atoms with Gasteiger partial charge >= 0.3 is 5.97 Å². The van der Waals surface area contributed by atoms with Crippen molar-refractivity contribution in [2.45, 2.75) is 77.3 Å². The van der Waals surface area contributed by atoms with Crippen LogP contribution >= 0.6 is 0 Å².